The van der Waals surface area contributed by atoms with Crippen LogP contribution in [0.5, 0.6) is 17.2 Å². The molecule has 0 bridgehead atoms. The number of halogens is 1. The summed E-state index contributed by atoms with van der Waals surface area (Å²) >= 11 is 7.34. The van der Waals surface area contributed by atoms with Gasteiger partial charge in [-0.15, -0.1) is 0 Å². The molecule has 1 heterocycles. The van der Waals surface area contributed by atoms with Gasteiger partial charge in [-0.25, -0.2) is 4.99 Å². The van der Waals surface area contributed by atoms with E-state index in [-0.39, 0.29) is 5.91 Å². The standard InChI is InChI=1S/C19H17ClN2O4S/c1-24-14-9-8-11(16(25-2)17(14)26-3)10-15-18(23)22-19(27-15)21-13-7-5-4-6-12(13)20/h4-10H,1-3H3,(H,21,22,23). The fourth-order valence-corrected chi connectivity index (χ4v) is 3.52. The van der Waals surface area contributed by atoms with Gasteiger partial charge in [-0.2, -0.15) is 0 Å². The number of methoxy groups -OCH3 is 3. The Labute approximate surface area is 166 Å². The van der Waals surface area contributed by atoms with Crippen LogP contribution in [0.1, 0.15) is 5.56 Å². The number of ether oxygens (including phenoxy) is 3. The maximum absolute atomic E-state index is 12.3. The SMILES string of the molecule is COc1ccc(C=C2SC(=Nc3ccccc3Cl)NC2=O)c(OC)c1OC. The van der Waals surface area contributed by atoms with E-state index >= 15 is 0 Å². The zero-order valence-corrected chi connectivity index (χ0v) is 16.5. The van der Waals surface area contributed by atoms with E-state index in [2.05, 4.69) is 10.3 Å². The van der Waals surface area contributed by atoms with Gasteiger partial charge < -0.3 is 19.5 Å². The highest BCUT2D eigenvalue weighted by atomic mass is 35.5. The molecule has 0 aromatic heterocycles. The summed E-state index contributed by atoms with van der Waals surface area (Å²) < 4.78 is 16.1. The number of benzene rings is 2. The van der Waals surface area contributed by atoms with Gasteiger partial charge in [-0.05, 0) is 42.1 Å². The van der Waals surface area contributed by atoms with Gasteiger partial charge in [0.15, 0.2) is 16.7 Å². The largest absolute Gasteiger partial charge is 0.493 e. The van der Waals surface area contributed by atoms with Crippen LogP contribution in [-0.2, 0) is 4.79 Å². The lowest BCUT2D eigenvalue weighted by Gasteiger charge is -2.14. The molecule has 1 N–H and O–H groups in total. The molecule has 8 heteroatoms. The Bertz CT molecular complexity index is 943. The average molecular weight is 405 g/mol. The topological polar surface area (TPSA) is 69.2 Å². The second kappa shape index (κ2) is 8.37. The molecule has 0 radical (unpaired) electrons. The van der Waals surface area contributed by atoms with E-state index in [9.17, 15) is 4.79 Å². The van der Waals surface area contributed by atoms with Crippen LogP contribution in [0.15, 0.2) is 46.3 Å². The first-order chi connectivity index (χ1) is 13.1. The molecule has 0 spiro atoms. The molecule has 2 aromatic carbocycles. The Morgan fingerprint density at radius 3 is 2.44 bits per heavy atom. The molecule has 1 fully saturated rings. The van der Waals surface area contributed by atoms with E-state index in [1.165, 1.54) is 26.0 Å². The maximum Gasteiger partial charge on any atom is 0.264 e. The third-order valence-electron chi connectivity index (χ3n) is 3.75. The summed E-state index contributed by atoms with van der Waals surface area (Å²) in [6.07, 6.45) is 1.72. The van der Waals surface area contributed by atoms with Gasteiger partial charge in [0.25, 0.3) is 5.91 Å². The Morgan fingerprint density at radius 1 is 1.04 bits per heavy atom. The zero-order valence-electron chi connectivity index (χ0n) is 14.9. The summed E-state index contributed by atoms with van der Waals surface area (Å²) in [6.45, 7) is 0. The van der Waals surface area contributed by atoms with Crippen molar-refractivity contribution in [2.24, 2.45) is 4.99 Å². The monoisotopic (exact) mass is 404 g/mol. The van der Waals surface area contributed by atoms with Crippen LogP contribution >= 0.6 is 23.4 Å². The van der Waals surface area contributed by atoms with Gasteiger partial charge in [-0.1, -0.05) is 23.7 Å². The summed E-state index contributed by atoms with van der Waals surface area (Å²) in [5, 5.41) is 3.71. The quantitative estimate of drug-likeness (QED) is 0.754. The summed E-state index contributed by atoms with van der Waals surface area (Å²) in [5.41, 5.74) is 1.28. The number of nitrogens with one attached hydrogen (secondary N) is 1. The van der Waals surface area contributed by atoms with E-state index < -0.39 is 0 Å². The number of hydrogen-bond donors (Lipinski definition) is 1. The van der Waals surface area contributed by atoms with Gasteiger partial charge >= 0.3 is 0 Å². The third kappa shape index (κ3) is 4.04. The summed E-state index contributed by atoms with van der Waals surface area (Å²) in [7, 11) is 4.61. The first kappa shape index (κ1) is 19.1. The Hall–Kier alpha value is -2.64. The van der Waals surface area contributed by atoms with Gasteiger partial charge in [0.2, 0.25) is 5.75 Å². The molecule has 1 aliphatic rings. The van der Waals surface area contributed by atoms with Crippen molar-refractivity contribution in [2.45, 2.75) is 0 Å². The van der Waals surface area contributed by atoms with Crippen LogP contribution in [0.2, 0.25) is 5.02 Å². The van der Waals surface area contributed by atoms with Crippen LogP contribution in [-0.4, -0.2) is 32.4 Å². The fraction of sp³-hybridized carbons (Fsp3) is 0.158. The minimum atomic E-state index is -0.248. The van der Waals surface area contributed by atoms with E-state index in [1.54, 1.807) is 37.5 Å². The molecule has 6 nitrogen and oxygen atoms in total. The smallest absolute Gasteiger partial charge is 0.264 e. The Morgan fingerprint density at radius 2 is 1.78 bits per heavy atom. The van der Waals surface area contributed by atoms with Crippen LogP contribution < -0.4 is 19.5 Å². The normalized spacial score (nSPS) is 16.5. The van der Waals surface area contributed by atoms with Crippen molar-refractivity contribution >= 4 is 46.2 Å². The van der Waals surface area contributed by atoms with Gasteiger partial charge in [0.1, 0.15) is 0 Å². The number of hydrogen-bond acceptors (Lipinski definition) is 6. The highest BCUT2D eigenvalue weighted by Gasteiger charge is 2.25. The number of para-hydroxylation sites is 1. The zero-order chi connectivity index (χ0) is 19.4. The molecule has 27 heavy (non-hydrogen) atoms. The molecule has 0 unspecified atom stereocenters. The highest BCUT2D eigenvalue weighted by Crippen LogP contribution is 2.41. The number of carbonyl (C=O) groups is 1. The van der Waals surface area contributed by atoms with Crippen molar-refractivity contribution in [1.29, 1.82) is 0 Å². The van der Waals surface area contributed by atoms with Crippen LogP contribution in [0, 0.1) is 0 Å². The van der Waals surface area contributed by atoms with Gasteiger partial charge in [0.05, 0.1) is 36.9 Å². The highest BCUT2D eigenvalue weighted by molar-refractivity contribution is 8.18. The first-order valence-electron chi connectivity index (χ1n) is 7.90. The number of aliphatic imine (C=N–C) groups is 1. The molecule has 0 saturated carbocycles. The predicted octanol–water partition coefficient (Wildman–Crippen LogP) is 4.26. The van der Waals surface area contributed by atoms with Gasteiger partial charge in [-0.3, -0.25) is 4.79 Å². The van der Waals surface area contributed by atoms with Gasteiger partial charge in [0, 0.05) is 5.56 Å². The lowest BCUT2D eigenvalue weighted by molar-refractivity contribution is -0.115. The van der Waals surface area contributed by atoms with E-state index in [0.29, 0.717) is 43.6 Å². The van der Waals surface area contributed by atoms with Crippen LogP contribution in [0.4, 0.5) is 5.69 Å². The second-order valence-electron chi connectivity index (χ2n) is 5.36. The molecule has 1 amide bonds. The van der Waals surface area contributed by atoms with Crippen LogP contribution in [0.25, 0.3) is 6.08 Å². The number of rotatable bonds is 5. The Balaban J connectivity index is 1.94. The predicted molar refractivity (Wildman–Crippen MR) is 108 cm³/mol. The van der Waals surface area contributed by atoms with Crippen molar-refractivity contribution in [3.63, 3.8) is 0 Å². The molecule has 0 atom stereocenters. The average Bonchev–Trinajstić information content (AvgIpc) is 3.02. The van der Waals surface area contributed by atoms with E-state index in [1.807, 2.05) is 12.1 Å². The maximum atomic E-state index is 12.3. The third-order valence-corrected chi connectivity index (χ3v) is 4.98. The summed E-state index contributed by atoms with van der Waals surface area (Å²) in [5.74, 6) is 1.24. The number of thioether (sulfide) groups is 1. The first-order valence-corrected chi connectivity index (χ1v) is 9.10. The van der Waals surface area contributed by atoms with Crippen molar-refractivity contribution in [1.82, 2.24) is 5.32 Å². The van der Waals surface area contributed by atoms with Crippen molar-refractivity contribution in [3.8, 4) is 17.2 Å². The molecule has 0 aliphatic carbocycles. The minimum absolute atomic E-state index is 0.248. The van der Waals surface area contributed by atoms with Crippen molar-refractivity contribution < 1.29 is 19.0 Å². The molecule has 1 saturated heterocycles. The second-order valence-corrected chi connectivity index (χ2v) is 6.79. The lowest BCUT2D eigenvalue weighted by atomic mass is 10.1. The lowest BCUT2D eigenvalue weighted by Crippen LogP contribution is -2.19. The molecule has 2 aromatic rings. The fourth-order valence-electron chi connectivity index (χ4n) is 2.51. The van der Waals surface area contributed by atoms with E-state index in [4.69, 9.17) is 25.8 Å². The number of amidine groups is 1. The Kier molecular flexibility index (Phi) is 5.93. The molecule has 140 valence electrons. The van der Waals surface area contributed by atoms with E-state index in [0.717, 1.165) is 0 Å². The molecule has 1 aliphatic heterocycles. The number of amides is 1. The number of nitrogens with zero attached hydrogens (tertiary/aromatic N) is 1. The molecular weight excluding hydrogens is 388 g/mol. The van der Waals surface area contributed by atoms with Crippen molar-refractivity contribution in [2.75, 3.05) is 21.3 Å². The number of carbonyl (C=O) groups excluding carboxylic acids is 1. The summed E-state index contributed by atoms with van der Waals surface area (Å²) in [4.78, 5) is 17.2. The van der Waals surface area contributed by atoms with Crippen molar-refractivity contribution in [3.05, 3.63) is 51.9 Å². The molecular formula is C19H17ClN2O4S. The molecule has 3 rings (SSSR count). The summed E-state index contributed by atoms with van der Waals surface area (Å²) in [6, 6.07) is 10.7. The van der Waals surface area contributed by atoms with Crippen LogP contribution in [0.3, 0.4) is 0 Å². The minimum Gasteiger partial charge on any atom is -0.493 e.